The van der Waals surface area contributed by atoms with Crippen LogP contribution >= 0.6 is 0 Å². The zero-order chi connectivity index (χ0) is 14.2. The van der Waals surface area contributed by atoms with Crippen LogP contribution in [0.15, 0.2) is 24.3 Å². The smallest absolute Gasteiger partial charge is 0.323 e. The highest BCUT2D eigenvalue weighted by atomic mass is 16.4. The van der Waals surface area contributed by atoms with Gasteiger partial charge in [0.25, 0.3) is 0 Å². The predicted molar refractivity (Wildman–Crippen MR) is 77.8 cm³/mol. The molecule has 2 aromatic rings. The molecule has 1 aromatic heterocycles. The third-order valence-electron chi connectivity index (χ3n) is 4.44. The van der Waals surface area contributed by atoms with E-state index in [1.54, 1.807) is 0 Å². The first-order valence-electron chi connectivity index (χ1n) is 7.28. The second-order valence-electron chi connectivity index (χ2n) is 6.03. The molecule has 1 aromatic carbocycles. The minimum Gasteiger partial charge on any atom is -0.480 e. The van der Waals surface area contributed by atoms with Crippen molar-refractivity contribution in [1.29, 1.82) is 0 Å². The second-order valence-corrected chi connectivity index (χ2v) is 6.03. The molecule has 106 valence electrons. The minimum atomic E-state index is -0.811. The van der Waals surface area contributed by atoms with Crippen LogP contribution in [0.4, 0.5) is 0 Å². The number of hydrogen-bond acceptors (Lipinski definition) is 2. The number of carboxylic acids is 1. The maximum absolute atomic E-state index is 11.2. The van der Waals surface area contributed by atoms with Crippen LogP contribution in [0, 0.1) is 0 Å². The molecule has 20 heavy (non-hydrogen) atoms. The van der Waals surface area contributed by atoms with E-state index in [0.717, 1.165) is 29.7 Å². The van der Waals surface area contributed by atoms with Gasteiger partial charge in [0.1, 0.15) is 12.4 Å². The molecule has 1 aliphatic rings. The summed E-state index contributed by atoms with van der Waals surface area (Å²) in [5.41, 5.74) is 1.83. The average molecular weight is 272 g/mol. The molecule has 0 radical (unpaired) electrons. The van der Waals surface area contributed by atoms with Gasteiger partial charge in [0.2, 0.25) is 0 Å². The molecule has 1 fully saturated rings. The number of benzene rings is 1. The Morgan fingerprint density at radius 1 is 1.30 bits per heavy atom. The SMILES string of the molecule is CC1(c2nc3ccccc3n2CC(=O)O)CCCCC1. The van der Waals surface area contributed by atoms with Gasteiger partial charge in [0, 0.05) is 5.41 Å². The van der Waals surface area contributed by atoms with Crippen LogP contribution < -0.4 is 0 Å². The summed E-state index contributed by atoms with van der Waals surface area (Å²) >= 11 is 0. The standard InChI is InChI=1S/C16H20N2O2/c1-16(9-5-2-6-10-16)15-17-12-7-3-4-8-13(12)18(15)11-14(19)20/h3-4,7-8H,2,5-6,9-11H2,1H3,(H,19,20). The summed E-state index contributed by atoms with van der Waals surface area (Å²) in [5, 5.41) is 9.20. The van der Waals surface area contributed by atoms with Crippen LogP contribution in [0.25, 0.3) is 11.0 Å². The van der Waals surface area contributed by atoms with E-state index in [-0.39, 0.29) is 12.0 Å². The van der Waals surface area contributed by atoms with E-state index in [9.17, 15) is 9.90 Å². The zero-order valence-electron chi connectivity index (χ0n) is 11.8. The number of aromatic nitrogens is 2. The second kappa shape index (κ2) is 4.93. The topological polar surface area (TPSA) is 55.1 Å². The van der Waals surface area contributed by atoms with Crippen LogP contribution in [0.5, 0.6) is 0 Å². The maximum atomic E-state index is 11.2. The predicted octanol–water partition coefficient (Wildman–Crippen LogP) is 3.34. The number of carboxylic acid groups (broad SMARTS) is 1. The lowest BCUT2D eigenvalue weighted by Crippen LogP contribution is -2.30. The third-order valence-corrected chi connectivity index (χ3v) is 4.44. The lowest BCUT2D eigenvalue weighted by molar-refractivity contribution is -0.137. The van der Waals surface area contributed by atoms with Crippen LogP contribution in [0.2, 0.25) is 0 Å². The first kappa shape index (κ1) is 13.2. The normalized spacial score (nSPS) is 18.2. The fraction of sp³-hybridized carbons (Fsp3) is 0.500. The largest absolute Gasteiger partial charge is 0.480 e. The molecule has 0 spiro atoms. The van der Waals surface area contributed by atoms with Gasteiger partial charge in [-0.25, -0.2) is 4.98 Å². The van der Waals surface area contributed by atoms with Gasteiger partial charge in [0.05, 0.1) is 11.0 Å². The van der Waals surface area contributed by atoms with E-state index in [2.05, 4.69) is 6.92 Å². The van der Waals surface area contributed by atoms with Crippen molar-refractivity contribution in [2.24, 2.45) is 0 Å². The van der Waals surface area contributed by atoms with Crippen molar-refractivity contribution in [3.63, 3.8) is 0 Å². The van der Waals surface area contributed by atoms with Crippen molar-refractivity contribution in [3.05, 3.63) is 30.1 Å². The highest BCUT2D eigenvalue weighted by Crippen LogP contribution is 2.39. The Morgan fingerprint density at radius 3 is 2.70 bits per heavy atom. The van der Waals surface area contributed by atoms with Crippen molar-refractivity contribution in [1.82, 2.24) is 9.55 Å². The number of hydrogen-bond donors (Lipinski definition) is 1. The molecule has 4 nitrogen and oxygen atoms in total. The molecule has 1 saturated carbocycles. The molecule has 1 N–H and O–H groups in total. The van der Waals surface area contributed by atoms with Crippen LogP contribution in [0.1, 0.15) is 44.9 Å². The van der Waals surface area contributed by atoms with Gasteiger partial charge in [-0.15, -0.1) is 0 Å². The summed E-state index contributed by atoms with van der Waals surface area (Å²) in [6, 6.07) is 7.81. The van der Waals surface area contributed by atoms with Crippen LogP contribution in [-0.4, -0.2) is 20.6 Å². The van der Waals surface area contributed by atoms with Gasteiger partial charge in [0.15, 0.2) is 0 Å². The van der Waals surface area contributed by atoms with Gasteiger partial charge in [-0.3, -0.25) is 4.79 Å². The fourth-order valence-corrected chi connectivity index (χ4v) is 3.39. The van der Waals surface area contributed by atoms with Gasteiger partial charge >= 0.3 is 5.97 Å². The Bertz CT molecular complexity index is 639. The third kappa shape index (κ3) is 2.19. The van der Waals surface area contributed by atoms with Crippen molar-refractivity contribution in [2.45, 2.75) is 51.0 Å². The van der Waals surface area contributed by atoms with Crippen LogP contribution in [0.3, 0.4) is 0 Å². The van der Waals surface area contributed by atoms with E-state index in [0.29, 0.717) is 0 Å². The number of para-hydroxylation sites is 2. The van der Waals surface area contributed by atoms with E-state index < -0.39 is 5.97 Å². The van der Waals surface area contributed by atoms with Crippen molar-refractivity contribution >= 4 is 17.0 Å². The van der Waals surface area contributed by atoms with E-state index in [4.69, 9.17) is 4.98 Å². The molecule has 0 unspecified atom stereocenters. The number of fused-ring (bicyclic) bond motifs is 1. The van der Waals surface area contributed by atoms with Crippen molar-refractivity contribution in [2.75, 3.05) is 0 Å². The molecule has 1 aliphatic carbocycles. The molecule has 0 amide bonds. The Hall–Kier alpha value is -1.84. The summed E-state index contributed by atoms with van der Waals surface area (Å²) < 4.78 is 1.89. The molecule has 3 rings (SSSR count). The van der Waals surface area contributed by atoms with Gasteiger partial charge in [-0.05, 0) is 25.0 Å². The molecule has 4 heteroatoms. The van der Waals surface area contributed by atoms with Crippen molar-refractivity contribution in [3.8, 4) is 0 Å². The first-order chi connectivity index (χ1) is 9.60. The quantitative estimate of drug-likeness (QED) is 0.932. The Kier molecular flexibility index (Phi) is 3.24. The molecule has 0 saturated heterocycles. The minimum absolute atomic E-state index is 0.00667. The molecule has 0 aliphatic heterocycles. The average Bonchev–Trinajstić information content (AvgIpc) is 2.79. The molecular formula is C16H20N2O2. The Labute approximate surface area is 118 Å². The summed E-state index contributed by atoms with van der Waals surface area (Å²) in [6.45, 7) is 2.22. The first-order valence-corrected chi connectivity index (χ1v) is 7.28. The Balaban J connectivity index is 2.15. The highest BCUT2D eigenvalue weighted by molar-refractivity contribution is 5.78. The van der Waals surface area contributed by atoms with Gasteiger partial charge in [-0.2, -0.15) is 0 Å². The summed E-state index contributed by atoms with van der Waals surface area (Å²) in [5.74, 6) is 0.134. The number of aliphatic carboxylic acids is 1. The van der Waals surface area contributed by atoms with Crippen molar-refractivity contribution < 1.29 is 9.90 Å². The summed E-state index contributed by atoms with van der Waals surface area (Å²) in [7, 11) is 0. The molecular weight excluding hydrogens is 252 g/mol. The van der Waals surface area contributed by atoms with E-state index >= 15 is 0 Å². The molecule has 1 heterocycles. The maximum Gasteiger partial charge on any atom is 0.323 e. The molecule has 0 bridgehead atoms. The van der Waals surface area contributed by atoms with Gasteiger partial charge in [-0.1, -0.05) is 38.3 Å². The molecule has 0 atom stereocenters. The van der Waals surface area contributed by atoms with E-state index in [1.165, 1.54) is 19.3 Å². The van der Waals surface area contributed by atoms with E-state index in [1.807, 2.05) is 28.8 Å². The number of imidazole rings is 1. The lowest BCUT2D eigenvalue weighted by atomic mass is 9.75. The fourth-order valence-electron chi connectivity index (χ4n) is 3.39. The lowest BCUT2D eigenvalue weighted by Gasteiger charge is -2.33. The highest BCUT2D eigenvalue weighted by Gasteiger charge is 2.34. The number of nitrogens with zero attached hydrogens (tertiary/aromatic N) is 2. The zero-order valence-corrected chi connectivity index (χ0v) is 11.8. The van der Waals surface area contributed by atoms with Gasteiger partial charge < -0.3 is 9.67 Å². The number of rotatable bonds is 3. The summed E-state index contributed by atoms with van der Waals surface area (Å²) in [4.78, 5) is 16.0. The summed E-state index contributed by atoms with van der Waals surface area (Å²) in [6.07, 6.45) is 5.86. The number of carbonyl (C=O) groups is 1. The Morgan fingerprint density at radius 2 is 2.00 bits per heavy atom. The monoisotopic (exact) mass is 272 g/mol. The van der Waals surface area contributed by atoms with Crippen LogP contribution in [-0.2, 0) is 16.8 Å².